The molecule has 0 spiro atoms. The first kappa shape index (κ1) is 19.4. The van der Waals surface area contributed by atoms with Crippen molar-refractivity contribution < 1.29 is 15.0 Å². The van der Waals surface area contributed by atoms with Gasteiger partial charge in [-0.2, -0.15) is 0 Å². The molecule has 0 unspecified atom stereocenters. The van der Waals surface area contributed by atoms with Crippen LogP contribution in [0.15, 0.2) is 60.5 Å². The fourth-order valence-corrected chi connectivity index (χ4v) is 4.21. The summed E-state index contributed by atoms with van der Waals surface area (Å²) in [6, 6.07) is 6.18. The van der Waals surface area contributed by atoms with Crippen LogP contribution in [0, 0.1) is 0 Å². The molecule has 0 amide bonds. The summed E-state index contributed by atoms with van der Waals surface area (Å²) in [4.78, 5) is 2.12. The average molecular weight is 405 g/mol. The molecular formula is C20H26MnN6. The monoisotopic (exact) mass is 405 g/mol. The van der Waals surface area contributed by atoms with Crippen LogP contribution in [-0.2, 0) is 38.9 Å². The van der Waals surface area contributed by atoms with Crippen LogP contribution in [0.5, 0.6) is 0 Å². The third-order valence-electron chi connectivity index (χ3n) is 4.31. The third-order valence-corrected chi connectivity index (χ3v) is 6.00. The summed E-state index contributed by atoms with van der Waals surface area (Å²) in [7, 11) is 0. The van der Waals surface area contributed by atoms with Gasteiger partial charge in [-0.1, -0.05) is 0 Å². The van der Waals surface area contributed by atoms with Gasteiger partial charge >= 0.3 is 167 Å². The number of nitrogens with zero attached hydrogens (tertiary/aromatic N) is 6. The van der Waals surface area contributed by atoms with E-state index in [1.54, 1.807) is 6.08 Å². The summed E-state index contributed by atoms with van der Waals surface area (Å²) in [5.41, 5.74) is 3.13. The van der Waals surface area contributed by atoms with Crippen LogP contribution in [0.4, 0.5) is 0 Å². The quantitative estimate of drug-likeness (QED) is 0.405. The van der Waals surface area contributed by atoms with Crippen LogP contribution in [0.25, 0.3) is 0 Å². The molecule has 27 heavy (non-hydrogen) atoms. The zero-order chi connectivity index (χ0) is 19.3. The Labute approximate surface area is 166 Å². The van der Waals surface area contributed by atoms with Gasteiger partial charge in [-0.15, -0.1) is 0 Å². The van der Waals surface area contributed by atoms with Crippen molar-refractivity contribution >= 4 is 0 Å². The van der Waals surface area contributed by atoms with Gasteiger partial charge in [0.15, 0.2) is 0 Å². The summed E-state index contributed by atoms with van der Waals surface area (Å²) in [5, 5.41) is 14.5. The van der Waals surface area contributed by atoms with Crippen LogP contribution >= 0.6 is 0 Å². The van der Waals surface area contributed by atoms with E-state index in [0.717, 1.165) is 36.3 Å². The molecule has 6 nitrogen and oxygen atoms in total. The van der Waals surface area contributed by atoms with Crippen molar-refractivity contribution in [2.45, 2.75) is 44.7 Å². The topological polar surface area (TPSA) is 53.5 Å². The Morgan fingerprint density at radius 1 is 0.852 bits per heavy atom. The molecule has 143 valence electrons. The second-order valence-corrected chi connectivity index (χ2v) is 7.56. The van der Waals surface area contributed by atoms with E-state index in [4.69, 9.17) is 15.3 Å². The van der Waals surface area contributed by atoms with E-state index in [1.807, 2.05) is 38.7 Å². The van der Waals surface area contributed by atoms with E-state index in [9.17, 15) is 0 Å². The molecule has 0 fully saturated rings. The number of hydrogen-bond acceptors (Lipinski definition) is 3. The normalized spacial score (nSPS) is 12.1. The van der Waals surface area contributed by atoms with Crippen molar-refractivity contribution in [3.8, 4) is 0 Å². The minimum atomic E-state index is -0.697. The molecule has 0 aliphatic rings. The van der Waals surface area contributed by atoms with Gasteiger partial charge in [0.1, 0.15) is 0 Å². The first-order valence-electron chi connectivity index (χ1n) is 9.25. The Kier molecular flexibility index (Phi) is 6.14. The van der Waals surface area contributed by atoms with E-state index in [0.29, 0.717) is 0 Å². The number of aryl methyl sites for hydroxylation is 3. The van der Waals surface area contributed by atoms with Crippen LogP contribution in [-0.4, -0.2) is 29.3 Å². The van der Waals surface area contributed by atoms with Gasteiger partial charge in [-0.25, -0.2) is 0 Å². The Morgan fingerprint density at radius 3 is 1.56 bits per heavy atom. The van der Waals surface area contributed by atoms with Crippen molar-refractivity contribution in [2.75, 3.05) is 0 Å². The molecule has 0 radical (unpaired) electrons. The molecule has 0 bridgehead atoms. The summed E-state index contributed by atoms with van der Waals surface area (Å²) in [6.07, 6.45) is 12.5. The summed E-state index contributed by atoms with van der Waals surface area (Å²) in [5.74, 6) is 0. The van der Waals surface area contributed by atoms with Crippen molar-refractivity contribution in [1.82, 2.24) is 29.3 Å². The molecule has 7 heteroatoms. The Bertz CT molecular complexity index is 813. The Hall–Kier alpha value is -2.37. The SMILES string of the molecule is C=CC=[CH][Mn][C](n1ccc(CC)n1)(n1ccc(CC)n1)n1ccc(CC)n1. The van der Waals surface area contributed by atoms with Crippen LogP contribution in [0.2, 0.25) is 0 Å². The summed E-state index contributed by atoms with van der Waals surface area (Å²) >= 11 is 0.288. The molecule has 3 aromatic rings. The van der Waals surface area contributed by atoms with E-state index >= 15 is 0 Å². The summed E-state index contributed by atoms with van der Waals surface area (Å²) < 4.78 is 5.26. The van der Waals surface area contributed by atoms with E-state index in [1.165, 1.54) is 0 Å². The van der Waals surface area contributed by atoms with E-state index < -0.39 is 4.69 Å². The average Bonchev–Trinajstić information content (AvgIpc) is 3.46. The van der Waals surface area contributed by atoms with E-state index in [-0.39, 0.29) is 15.0 Å². The van der Waals surface area contributed by atoms with Gasteiger partial charge in [0.05, 0.1) is 0 Å². The molecule has 3 rings (SSSR count). The van der Waals surface area contributed by atoms with Crippen molar-refractivity contribution in [3.05, 3.63) is 77.6 Å². The fourth-order valence-electron chi connectivity index (χ4n) is 2.76. The zero-order valence-corrected chi connectivity index (χ0v) is 17.3. The number of hydrogen-bond donors (Lipinski definition) is 0. The molecular weight excluding hydrogens is 379 g/mol. The zero-order valence-electron chi connectivity index (χ0n) is 16.1. The minimum absolute atomic E-state index is 0.288. The second-order valence-electron chi connectivity index (χ2n) is 6.03. The van der Waals surface area contributed by atoms with Crippen LogP contribution < -0.4 is 0 Å². The van der Waals surface area contributed by atoms with Crippen LogP contribution in [0.3, 0.4) is 0 Å². The van der Waals surface area contributed by atoms with Gasteiger partial charge in [0.25, 0.3) is 0 Å². The van der Waals surface area contributed by atoms with Gasteiger partial charge in [0.2, 0.25) is 0 Å². The summed E-state index contributed by atoms with van der Waals surface area (Å²) in [6.45, 7) is 10.1. The van der Waals surface area contributed by atoms with Gasteiger partial charge in [-0.3, -0.25) is 0 Å². The Balaban J connectivity index is 2.24. The number of rotatable bonds is 9. The van der Waals surface area contributed by atoms with Gasteiger partial charge in [0, 0.05) is 0 Å². The van der Waals surface area contributed by atoms with E-state index in [2.05, 4.69) is 50.5 Å². The van der Waals surface area contributed by atoms with Gasteiger partial charge < -0.3 is 0 Å². The molecule has 3 aromatic heterocycles. The van der Waals surface area contributed by atoms with Crippen molar-refractivity contribution in [3.63, 3.8) is 0 Å². The third kappa shape index (κ3) is 3.70. The first-order valence-corrected chi connectivity index (χ1v) is 10.5. The molecule has 0 aliphatic carbocycles. The van der Waals surface area contributed by atoms with Crippen LogP contribution in [0.1, 0.15) is 37.9 Å². The molecule has 3 heterocycles. The predicted octanol–water partition coefficient (Wildman–Crippen LogP) is 3.41. The van der Waals surface area contributed by atoms with Crippen molar-refractivity contribution in [2.24, 2.45) is 0 Å². The molecule has 0 saturated carbocycles. The Morgan fingerprint density at radius 2 is 1.26 bits per heavy atom. The molecule has 0 aliphatic heterocycles. The fraction of sp³-hybridized carbons (Fsp3) is 0.350. The molecule has 0 saturated heterocycles. The van der Waals surface area contributed by atoms with Gasteiger partial charge in [-0.05, 0) is 0 Å². The number of aromatic nitrogens is 6. The first-order chi connectivity index (χ1) is 13.2. The second kappa shape index (κ2) is 8.55. The number of allylic oxidation sites excluding steroid dienone is 2. The molecule has 0 N–H and O–H groups in total. The molecule has 0 aromatic carbocycles. The maximum atomic E-state index is 4.85. The molecule has 0 atom stereocenters. The predicted molar refractivity (Wildman–Crippen MR) is 103 cm³/mol. The maximum absolute atomic E-state index is 4.85. The standard InChI is InChI=1S/C16H21N6.C4H5.Mn/c1-4-13-7-10-20(17-13)16(21-11-8-14(5-2)18-21)22-12-9-15(6-3)19-22;1-3-4-2;/h7-12H,4-6H2,1-3H3;1,3-4H,2H2;. The van der Waals surface area contributed by atoms with Crippen molar-refractivity contribution in [1.29, 1.82) is 0 Å².